The van der Waals surface area contributed by atoms with Crippen molar-refractivity contribution in [1.29, 1.82) is 0 Å². The fraction of sp³-hybridized carbons (Fsp3) is 0.467. The number of likely N-dealkylation sites (N-methyl/N-ethyl adjacent to an activating group) is 2. The Hall–Kier alpha value is -1.62. The summed E-state index contributed by atoms with van der Waals surface area (Å²) in [6, 6.07) is 8.12. The molecule has 0 saturated heterocycles. The molecule has 0 unspecified atom stereocenters. The van der Waals surface area contributed by atoms with Crippen molar-refractivity contribution in [1.82, 2.24) is 4.90 Å². The first-order valence-corrected chi connectivity index (χ1v) is 7.34. The first kappa shape index (κ1) is 14.8. The van der Waals surface area contributed by atoms with Crippen LogP contribution in [-0.2, 0) is 4.79 Å². The fourth-order valence-corrected chi connectivity index (χ4v) is 2.43. The molecule has 2 rings (SSSR count). The highest BCUT2D eigenvalue weighted by atomic mass is 32.1. The van der Waals surface area contributed by atoms with Gasteiger partial charge in [-0.05, 0) is 44.0 Å². The molecule has 0 aliphatic heterocycles. The molecule has 0 atom stereocenters. The largest absolute Gasteiger partial charge is 0.389 e. The average molecular weight is 291 g/mol. The van der Waals surface area contributed by atoms with Crippen LogP contribution in [0.1, 0.15) is 25.3 Å². The van der Waals surface area contributed by atoms with Gasteiger partial charge >= 0.3 is 0 Å². The van der Waals surface area contributed by atoms with E-state index in [0.29, 0.717) is 17.6 Å². The molecule has 1 aromatic rings. The number of carbonyl (C=O) groups excluding carboxylic acids is 1. The minimum atomic E-state index is 0.191. The predicted molar refractivity (Wildman–Crippen MR) is 86.0 cm³/mol. The number of benzene rings is 1. The molecule has 0 aromatic heterocycles. The number of thiocarbonyl (C=S) groups is 1. The summed E-state index contributed by atoms with van der Waals surface area (Å²) in [6.45, 7) is 3.22. The zero-order valence-corrected chi connectivity index (χ0v) is 12.8. The van der Waals surface area contributed by atoms with Crippen LogP contribution in [0.3, 0.4) is 0 Å². The molecule has 0 heterocycles. The average Bonchev–Trinajstić information content (AvgIpc) is 3.24. The Labute approximate surface area is 125 Å². The standard InChI is InChI=1S/C15H21N3OS/c1-3-18(13-8-9-13)14(19)10-17(2)12-6-4-11(5-7-12)15(16)20/h4-7,13H,3,8-10H2,1-2H3,(H2,16,20). The number of hydrogen-bond acceptors (Lipinski definition) is 3. The molecule has 108 valence electrons. The second-order valence-electron chi connectivity index (χ2n) is 5.18. The Kier molecular flexibility index (Phi) is 4.60. The highest BCUT2D eigenvalue weighted by molar-refractivity contribution is 7.80. The van der Waals surface area contributed by atoms with E-state index in [0.717, 1.165) is 30.6 Å². The van der Waals surface area contributed by atoms with Crippen LogP contribution in [0, 0.1) is 0 Å². The van der Waals surface area contributed by atoms with Gasteiger partial charge in [-0.3, -0.25) is 4.79 Å². The number of nitrogens with zero attached hydrogens (tertiary/aromatic N) is 2. The molecule has 4 nitrogen and oxygen atoms in total. The summed E-state index contributed by atoms with van der Waals surface area (Å²) in [7, 11) is 1.93. The third-order valence-corrected chi connectivity index (χ3v) is 3.85. The van der Waals surface area contributed by atoms with E-state index in [1.54, 1.807) is 0 Å². The lowest BCUT2D eigenvalue weighted by Crippen LogP contribution is -2.40. The maximum absolute atomic E-state index is 12.3. The van der Waals surface area contributed by atoms with Gasteiger partial charge < -0.3 is 15.5 Å². The zero-order chi connectivity index (χ0) is 14.7. The number of nitrogens with two attached hydrogens (primary N) is 1. The van der Waals surface area contributed by atoms with Crippen LogP contribution in [-0.4, -0.2) is 42.0 Å². The highest BCUT2D eigenvalue weighted by Gasteiger charge is 2.31. The van der Waals surface area contributed by atoms with Gasteiger partial charge in [0.05, 0.1) is 6.54 Å². The van der Waals surface area contributed by atoms with Gasteiger partial charge in [-0.15, -0.1) is 0 Å². The number of carbonyl (C=O) groups is 1. The Morgan fingerprint density at radius 2 is 1.95 bits per heavy atom. The number of hydrogen-bond donors (Lipinski definition) is 1. The number of anilines is 1. The van der Waals surface area contributed by atoms with Crippen LogP contribution in [0.25, 0.3) is 0 Å². The summed E-state index contributed by atoms with van der Waals surface area (Å²) in [5.74, 6) is 0.191. The Morgan fingerprint density at radius 1 is 1.35 bits per heavy atom. The van der Waals surface area contributed by atoms with Gasteiger partial charge in [-0.1, -0.05) is 12.2 Å². The Balaban J connectivity index is 1.98. The van der Waals surface area contributed by atoms with E-state index in [-0.39, 0.29) is 5.91 Å². The smallest absolute Gasteiger partial charge is 0.242 e. The first-order valence-electron chi connectivity index (χ1n) is 6.93. The monoisotopic (exact) mass is 291 g/mol. The van der Waals surface area contributed by atoms with Crippen LogP contribution in [0.15, 0.2) is 24.3 Å². The molecule has 1 fully saturated rings. The molecule has 0 bridgehead atoms. The van der Waals surface area contributed by atoms with Gasteiger partial charge in [0.1, 0.15) is 4.99 Å². The van der Waals surface area contributed by atoms with Crippen LogP contribution in [0.2, 0.25) is 0 Å². The molecule has 20 heavy (non-hydrogen) atoms. The lowest BCUT2D eigenvalue weighted by Gasteiger charge is -2.25. The van der Waals surface area contributed by atoms with Crippen molar-refractivity contribution >= 4 is 28.8 Å². The van der Waals surface area contributed by atoms with Gasteiger partial charge in [0, 0.05) is 30.9 Å². The molecule has 2 N–H and O–H groups in total. The van der Waals surface area contributed by atoms with Crippen molar-refractivity contribution in [2.45, 2.75) is 25.8 Å². The van der Waals surface area contributed by atoms with Crippen LogP contribution in [0.5, 0.6) is 0 Å². The molecule has 1 saturated carbocycles. The van der Waals surface area contributed by atoms with Crippen molar-refractivity contribution in [3.8, 4) is 0 Å². The summed E-state index contributed by atoms with van der Waals surface area (Å²) in [5, 5.41) is 0. The van der Waals surface area contributed by atoms with Crippen LogP contribution < -0.4 is 10.6 Å². The lowest BCUT2D eigenvalue weighted by atomic mass is 10.2. The third-order valence-electron chi connectivity index (χ3n) is 3.61. The lowest BCUT2D eigenvalue weighted by molar-refractivity contribution is -0.130. The highest BCUT2D eigenvalue weighted by Crippen LogP contribution is 2.26. The molecule has 1 aromatic carbocycles. The van der Waals surface area contributed by atoms with E-state index in [1.807, 2.05) is 48.0 Å². The van der Waals surface area contributed by atoms with E-state index in [4.69, 9.17) is 18.0 Å². The van der Waals surface area contributed by atoms with Crippen molar-refractivity contribution in [2.24, 2.45) is 5.73 Å². The minimum absolute atomic E-state index is 0.191. The van der Waals surface area contributed by atoms with E-state index >= 15 is 0 Å². The molecular formula is C15H21N3OS. The van der Waals surface area contributed by atoms with Crippen molar-refractivity contribution < 1.29 is 4.79 Å². The normalized spacial score (nSPS) is 13.9. The SMILES string of the molecule is CCN(C(=O)CN(C)c1ccc(C(N)=S)cc1)C1CC1. The van der Waals surface area contributed by atoms with E-state index < -0.39 is 0 Å². The summed E-state index contributed by atoms with van der Waals surface area (Å²) in [5.41, 5.74) is 7.41. The molecule has 1 amide bonds. The Morgan fingerprint density at radius 3 is 2.40 bits per heavy atom. The maximum atomic E-state index is 12.3. The number of amides is 1. The van der Waals surface area contributed by atoms with Gasteiger partial charge in [-0.25, -0.2) is 0 Å². The van der Waals surface area contributed by atoms with E-state index in [9.17, 15) is 4.79 Å². The predicted octanol–water partition coefficient (Wildman–Crippen LogP) is 1.77. The molecule has 5 heteroatoms. The maximum Gasteiger partial charge on any atom is 0.242 e. The molecular weight excluding hydrogens is 270 g/mol. The second-order valence-corrected chi connectivity index (χ2v) is 5.62. The van der Waals surface area contributed by atoms with E-state index in [2.05, 4.69) is 0 Å². The summed E-state index contributed by atoms with van der Waals surface area (Å²) >= 11 is 4.93. The second kappa shape index (κ2) is 6.22. The topological polar surface area (TPSA) is 49.6 Å². The molecule has 0 radical (unpaired) electrons. The van der Waals surface area contributed by atoms with Crippen LogP contribution in [0.4, 0.5) is 5.69 Å². The van der Waals surface area contributed by atoms with Crippen molar-refractivity contribution in [2.75, 3.05) is 25.0 Å². The van der Waals surface area contributed by atoms with Crippen LogP contribution >= 0.6 is 12.2 Å². The summed E-state index contributed by atoms with van der Waals surface area (Å²) in [4.78, 5) is 16.6. The third kappa shape index (κ3) is 3.48. The first-order chi connectivity index (χ1) is 9.52. The van der Waals surface area contributed by atoms with Crippen molar-refractivity contribution in [3.63, 3.8) is 0 Å². The molecule has 1 aliphatic rings. The van der Waals surface area contributed by atoms with E-state index in [1.165, 1.54) is 0 Å². The van der Waals surface area contributed by atoms with Crippen molar-refractivity contribution in [3.05, 3.63) is 29.8 Å². The fourth-order valence-electron chi connectivity index (χ4n) is 2.29. The van der Waals surface area contributed by atoms with Gasteiger partial charge in [0.15, 0.2) is 0 Å². The van der Waals surface area contributed by atoms with Gasteiger partial charge in [0.25, 0.3) is 0 Å². The molecule has 0 spiro atoms. The minimum Gasteiger partial charge on any atom is -0.389 e. The zero-order valence-electron chi connectivity index (χ0n) is 12.0. The molecule has 1 aliphatic carbocycles. The summed E-state index contributed by atoms with van der Waals surface area (Å²) in [6.07, 6.45) is 2.29. The number of rotatable bonds is 6. The van der Waals surface area contributed by atoms with Gasteiger partial charge in [-0.2, -0.15) is 0 Å². The Bertz CT molecular complexity index is 496. The summed E-state index contributed by atoms with van der Waals surface area (Å²) < 4.78 is 0. The van der Waals surface area contributed by atoms with Gasteiger partial charge in [0.2, 0.25) is 5.91 Å². The quantitative estimate of drug-likeness (QED) is 0.812.